The maximum Gasteiger partial charge on any atom is 0.296 e. The van der Waals surface area contributed by atoms with Crippen molar-refractivity contribution in [1.29, 1.82) is 0 Å². The molecule has 30 heavy (non-hydrogen) atoms. The standard InChI is InChI=1S/C23H14ClFN2O3/c1-12-4-2-7-18(26-12)27-20(13-5-3-6-14(24)10-13)19-21(28)16-11-15(25)8-9-17(16)30-22(19)23(27)29/h2-11,20H,1H3/t20-/m1/s1. The van der Waals surface area contributed by atoms with E-state index in [1.807, 2.05) is 13.0 Å². The van der Waals surface area contributed by atoms with Crippen LogP contribution in [0.2, 0.25) is 5.02 Å². The van der Waals surface area contributed by atoms with Crippen LogP contribution in [0.3, 0.4) is 0 Å². The average Bonchev–Trinajstić information content (AvgIpc) is 3.01. The van der Waals surface area contributed by atoms with Crippen molar-refractivity contribution in [3.63, 3.8) is 0 Å². The second kappa shape index (κ2) is 6.78. The van der Waals surface area contributed by atoms with E-state index in [0.29, 0.717) is 22.1 Å². The minimum atomic E-state index is -0.801. The van der Waals surface area contributed by atoms with Gasteiger partial charge in [-0.3, -0.25) is 14.5 Å². The molecule has 0 spiro atoms. The lowest BCUT2D eigenvalue weighted by molar-refractivity contribution is 0.0970. The molecule has 5 rings (SSSR count). The summed E-state index contributed by atoms with van der Waals surface area (Å²) in [6.45, 7) is 1.81. The molecule has 0 radical (unpaired) electrons. The number of hydrogen-bond donors (Lipinski definition) is 0. The summed E-state index contributed by atoms with van der Waals surface area (Å²) in [6, 6.07) is 15.0. The van der Waals surface area contributed by atoms with E-state index in [9.17, 15) is 14.0 Å². The lowest BCUT2D eigenvalue weighted by atomic mass is 9.98. The fraction of sp³-hybridized carbons (Fsp3) is 0.0870. The Labute approximate surface area is 175 Å². The largest absolute Gasteiger partial charge is 0.450 e. The Bertz CT molecular complexity index is 1400. The third-order valence-corrected chi connectivity index (χ3v) is 5.35. The molecule has 7 heteroatoms. The lowest BCUT2D eigenvalue weighted by Crippen LogP contribution is -2.30. The minimum absolute atomic E-state index is 0.0765. The zero-order chi connectivity index (χ0) is 21.0. The molecule has 1 aliphatic rings. The molecule has 0 saturated carbocycles. The Kier molecular flexibility index (Phi) is 4.18. The second-order valence-corrected chi connectivity index (χ2v) is 7.52. The van der Waals surface area contributed by atoms with Crippen LogP contribution in [0.25, 0.3) is 11.0 Å². The van der Waals surface area contributed by atoms with E-state index < -0.39 is 23.2 Å². The van der Waals surface area contributed by atoms with Crippen molar-refractivity contribution in [2.45, 2.75) is 13.0 Å². The molecule has 1 aliphatic heterocycles. The number of amides is 1. The number of rotatable bonds is 2. The highest BCUT2D eigenvalue weighted by Gasteiger charge is 2.44. The first-order valence-electron chi connectivity index (χ1n) is 9.23. The number of halogens is 2. The van der Waals surface area contributed by atoms with Gasteiger partial charge < -0.3 is 4.42 Å². The minimum Gasteiger partial charge on any atom is -0.450 e. The Balaban J connectivity index is 1.84. The van der Waals surface area contributed by atoms with E-state index in [2.05, 4.69) is 4.98 Å². The summed E-state index contributed by atoms with van der Waals surface area (Å²) in [7, 11) is 0. The molecule has 5 nitrogen and oxygen atoms in total. The summed E-state index contributed by atoms with van der Waals surface area (Å²) in [5.74, 6) is -0.745. The molecule has 4 aromatic rings. The molecule has 0 N–H and O–H groups in total. The number of pyridine rings is 1. The number of anilines is 1. The molecule has 0 aliphatic carbocycles. The van der Waals surface area contributed by atoms with Crippen LogP contribution >= 0.6 is 11.6 Å². The SMILES string of the molecule is Cc1cccc(N2C(=O)c3oc4ccc(F)cc4c(=O)c3[C@H]2c2cccc(Cl)c2)n1. The molecule has 0 unspecified atom stereocenters. The van der Waals surface area contributed by atoms with Crippen molar-refractivity contribution in [3.8, 4) is 0 Å². The van der Waals surface area contributed by atoms with Gasteiger partial charge in [0.2, 0.25) is 5.76 Å². The summed E-state index contributed by atoms with van der Waals surface area (Å²) in [6.07, 6.45) is 0. The predicted molar refractivity (Wildman–Crippen MR) is 112 cm³/mol. The number of benzene rings is 2. The van der Waals surface area contributed by atoms with Gasteiger partial charge >= 0.3 is 0 Å². The Morgan fingerprint density at radius 1 is 1.07 bits per heavy atom. The first-order chi connectivity index (χ1) is 14.4. The van der Waals surface area contributed by atoms with E-state index >= 15 is 0 Å². The summed E-state index contributed by atoms with van der Waals surface area (Å²) >= 11 is 6.19. The van der Waals surface area contributed by atoms with E-state index in [1.165, 1.54) is 17.0 Å². The second-order valence-electron chi connectivity index (χ2n) is 7.08. The maximum absolute atomic E-state index is 13.8. The van der Waals surface area contributed by atoms with Gasteiger partial charge in [0.05, 0.1) is 17.0 Å². The van der Waals surface area contributed by atoms with E-state index in [0.717, 1.165) is 6.07 Å². The zero-order valence-corrected chi connectivity index (χ0v) is 16.5. The number of carbonyl (C=O) groups excluding carboxylic acids is 1. The summed E-state index contributed by atoms with van der Waals surface area (Å²) in [4.78, 5) is 32.6. The summed E-state index contributed by atoms with van der Waals surface area (Å²) < 4.78 is 19.6. The maximum atomic E-state index is 13.8. The normalized spacial score (nSPS) is 15.6. The van der Waals surface area contributed by atoms with Crippen molar-refractivity contribution >= 4 is 34.3 Å². The quantitative estimate of drug-likeness (QED) is 0.456. The lowest BCUT2D eigenvalue weighted by Gasteiger charge is -2.24. The predicted octanol–water partition coefficient (Wildman–Crippen LogP) is 5.04. The van der Waals surface area contributed by atoms with Crippen LogP contribution in [-0.4, -0.2) is 10.9 Å². The van der Waals surface area contributed by atoms with Crippen molar-refractivity contribution in [2.24, 2.45) is 0 Å². The van der Waals surface area contributed by atoms with Gasteiger partial charge in [0.15, 0.2) is 5.43 Å². The number of aryl methyl sites for hydroxylation is 1. The van der Waals surface area contributed by atoms with Gasteiger partial charge in [-0.25, -0.2) is 9.37 Å². The van der Waals surface area contributed by atoms with Crippen LogP contribution < -0.4 is 10.3 Å². The van der Waals surface area contributed by atoms with Crippen molar-refractivity contribution < 1.29 is 13.6 Å². The van der Waals surface area contributed by atoms with Crippen molar-refractivity contribution in [1.82, 2.24) is 4.98 Å². The van der Waals surface area contributed by atoms with Crippen LogP contribution in [0.4, 0.5) is 10.2 Å². The van der Waals surface area contributed by atoms with Gasteiger partial charge in [-0.05, 0) is 55.0 Å². The van der Waals surface area contributed by atoms with Gasteiger partial charge in [0.25, 0.3) is 5.91 Å². The Morgan fingerprint density at radius 2 is 1.87 bits per heavy atom. The molecule has 0 bridgehead atoms. The monoisotopic (exact) mass is 420 g/mol. The number of fused-ring (bicyclic) bond motifs is 2. The summed E-state index contributed by atoms with van der Waals surface area (Å²) in [5, 5.41) is 0.536. The molecule has 2 aromatic heterocycles. The first kappa shape index (κ1) is 18.5. The highest BCUT2D eigenvalue weighted by molar-refractivity contribution is 6.30. The van der Waals surface area contributed by atoms with Gasteiger partial charge in [0, 0.05) is 10.7 Å². The highest BCUT2D eigenvalue weighted by atomic mass is 35.5. The molecule has 0 fully saturated rings. The molecule has 148 valence electrons. The molecular weight excluding hydrogens is 407 g/mol. The molecule has 1 amide bonds. The van der Waals surface area contributed by atoms with Gasteiger partial charge in [0.1, 0.15) is 17.2 Å². The zero-order valence-electron chi connectivity index (χ0n) is 15.7. The van der Waals surface area contributed by atoms with Crippen molar-refractivity contribution in [2.75, 3.05) is 4.90 Å². The number of carbonyl (C=O) groups is 1. The Hall–Kier alpha value is -3.51. The molecular formula is C23H14ClFN2O3. The topological polar surface area (TPSA) is 63.4 Å². The van der Waals surface area contributed by atoms with Crippen LogP contribution in [0.15, 0.2) is 69.9 Å². The van der Waals surface area contributed by atoms with Crippen LogP contribution in [0, 0.1) is 12.7 Å². The number of aromatic nitrogens is 1. The number of nitrogens with zero attached hydrogens (tertiary/aromatic N) is 2. The average molecular weight is 421 g/mol. The Morgan fingerprint density at radius 3 is 2.63 bits per heavy atom. The first-order valence-corrected chi connectivity index (χ1v) is 9.61. The van der Waals surface area contributed by atoms with Gasteiger partial charge in [-0.1, -0.05) is 29.8 Å². The fourth-order valence-electron chi connectivity index (χ4n) is 3.84. The van der Waals surface area contributed by atoms with Crippen LogP contribution in [-0.2, 0) is 0 Å². The fourth-order valence-corrected chi connectivity index (χ4v) is 4.04. The van der Waals surface area contributed by atoms with Gasteiger partial charge in [-0.2, -0.15) is 0 Å². The number of hydrogen-bond acceptors (Lipinski definition) is 4. The highest BCUT2D eigenvalue weighted by Crippen LogP contribution is 2.41. The van der Waals surface area contributed by atoms with Crippen LogP contribution in [0.1, 0.15) is 33.4 Å². The van der Waals surface area contributed by atoms with Gasteiger partial charge in [-0.15, -0.1) is 0 Å². The molecule has 0 saturated heterocycles. The molecule has 3 heterocycles. The third-order valence-electron chi connectivity index (χ3n) is 5.12. The molecule has 2 aromatic carbocycles. The van der Waals surface area contributed by atoms with E-state index in [4.69, 9.17) is 16.0 Å². The summed E-state index contributed by atoms with van der Waals surface area (Å²) in [5.41, 5.74) is 1.17. The van der Waals surface area contributed by atoms with Crippen LogP contribution in [0.5, 0.6) is 0 Å². The van der Waals surface area contributed by atoms with E-state index in [1.54, 1.807) is 36.4 Å². The molecule has 1 atom stereocenters. The van der Waals surface area contributed by atoms with Crippen molar-refractivity contribution in [3.05, 3.63) is 104 Å². The smallest absolute Gasteiger partial charge is 0.296 e. The van der Waals surface area contributed by atoms with E-state index in [-0.39, 0.29) is 22.3 Å². The third kappa shape index (κ3) is 2.80.